The molecule has 1 fully saturated rings. The van der Waals surface area contributed by atoms with Crippen molar-refractivity contribution in [2.75, 3.05) is 26.7 Å². The van der Waals surface area contributed by atoms with Gasteiger partial charge in [0.25, 0.3) is 0 Å². The number of likely N-dealkylation sites (tertiary alicyclic amines) is 1. The van der Waals surface area contributed by atoms with Crippen molar-refractivity contribution in [3.8, 4) is 0 Å². The second-order valence-corrected chi connectivity index (χ2v) is 8.81. The van der Waals surface area contributed by atoms with Gasteiger partial charge in [0.15, 0.2) is 0 Å². The van der Waals surface area contributed by atoms with E-state index in [2.05, 4.69) is 25.8 Å². The monoisotopic (exact) mass is 381 g/mol. The first-order chi connectivity index (χ1) is 13.2. The van der Waals surface area contributed by atoms with Crippen molar-refractivity contribution in [2.45, 2.75) is 110 Å². The number of hydrogen-bond acceptors (Lipinski definition) is 3. The van der Waals surface area contributed by atoms with E-state index >= 15 is 0 Å². The van der Waals surface area contributed by atoms with Gasteiger partial charge in [0.1, 0.15) is 0 Å². The molecule has 0 saturated carbocycles. The van der Waals surface area contributed by atoms with Gasteiger partial charge in [-0.3, -0.25) is 4.79 Å². The maximum Gasteiger partial charge on any atom is 0.309 e. The lowest BCUT2D eigenvalue weighted by Gasteiger charge is -2.27. The molecule has 0 N–H and O–H groups in total. The first-order valence-electron chi connectivity index (χ1n) is 12.0. The number of nitrogens with zero attached hydrogens (tertiary/aromatic N) is 1. The quantitative estimate of drug-likeness (QED) is 0.223. The van der Waals surface area contributed by atoms with Crippen LogP contribution in [0.2, 0.25) is 0 Å². The SMILES string of the molecule is CCCCCCC(CCCCCC)CCCCOC(=O)C1CCN(C)CC1. The van der Waals surface area contributed by atoms with Crippen LogP contribution in [0.5, 0.6) is 0 Å². The van der Waals surface area contributed by atoms with E-state index in [0.717, 1.165) is 38.3 Å². The van der Waals surface area contributed by atoms with Crippen LogP contribution >= 0.6 is 0 Å². The van der Waals surface area contributed by atoms with E-state index in [1.54, 1.807) is 0 Å². The zero-order chi connectivity index (χ0) is 19.7. The zero-order valence-corrected chi connectivity index (χ0v) is 18.6. The Kier molecular flexibility index (Phi) is 14.9. The highest BCUT2D eigenvalue weighted by Gasteiger charge is 2.24. The van der Waals surface area contributed by atoms with Crippen molar-refractivity contribution in [2.24, 2.45) is 11.8 Å². The molecular weight excluding hydrogens is 334 g/mol. The number of rotatable bonds is 16. The molecule has 0 radical (unpaired) electrons. The van der Waals surface area contributed by atoms with Crippen LogP contribution < -0.4 is 0 Å². The van der Waals surface area contributed by atoms with Gasteiger partial charge in [-0.1, -0.05) is 84.5 Å². The third kappa shape index (κ3) is 12.5. The number of hydrogen-bond donors (Lipinski definition) is 0. The predicted octanol–water partition coefficient (Wildman–Crippen LogP) is 6.60. The van der Waals surface area contributed by atoms with Crippen molar-refractivity contribution in [1.29, 1.82) is 0 Å². The van der Waals surface area contributed by atoms with E-state index in [4.69, 9.17) is 4.74 Å². The fraction of sp³-hybridized carbons (Fsp3) is 0.958. The average Bonchev–Trinajstić information content (AvgIpc) is 2.68. The van der Waals surface area contributed by atoms with E-state index in [1.807, 2.05) is 0 Å². The van der Waals surface area contributed by atoms with E-state index in [0.29, 0.717) is 6.61 Å². The van der Waals surface area contributed by atoms with E-state index in [1.165, 1.54) is 77.0 Å². The molecule has 0 aliphatic carbocycles. The number of carbonyl (C=O) groups is 1. The summed E-state index contributed by atoms with van der Waals surface area (Å²) in [5, 5.41) is 0. The van der Waals surface area contributed by atoms with Crippen LogP contribution in [0.25, 0.3) is 0 Å². The zero-order valence-electron chi connectivity index (χ0n) is 18.6. The molecule has 0 atom stereocenters. The van der Waals surface area contributed by atoms with E-state index < -0.39 is 0 Å². The molecule has 0 aromatic heterocycles. The lowest BCUT2D eigenvalue weighted by Crippen LogP contribution is -2.34. The lowest BCUT2D eigenvalue weighted by atomic mass is 9.90. The molecule has 1 rings (SSSR count). The van der Waals surface area contributed by atoms with Crippen LogP contribution in [0.4, 0.5) is 0 Å². The Hall–Kier alpha value is -0.570. The first-order valence-corrected chi connectivity index (χ1v) is 12.0. The molecule has 0 unspecified atom stereocenters. The molecule has 27 heavy (non-hydrogen) atoms. The molecule has 3 heteroatoms. The molecule has 1 heterocycles. The second-order valence-electron chi connectivity index (χ2n) is 8.81. The summed E-state index contributed by atoms with van der Waals surface area (Å²) in [5.74, 6) is 1.09. The highest BCUT2D eigenvalue weighted by Crippen LogP contribution is 2.24. The summed E-state index contributed by atoms with van der Waals surface area (Å²) in [6.45, 7) is 7.25. The highest BCUT2D eigenvalue weighted by molar-refractivity contribution is 5.72. The molecule has 160 valence electrons. The maximum atomic E-state index is 12.2. The van der Waals surface area contributed by atoms with Gasteiger partial charge in [-0.2, -0.15) is 0 Å². The molecular formula is C24H47NO2. The minimum Gasteiger partial charge on any atom is -0.465 e. The van der Waals surface area contributed by atoms with Gasteiger partial charge in [-0.15, -0.1) is 0 Å². The summed E-state index contributed by atoms with van der Waals surface area (Å²) in [7, 11) is 2.13. The van der Waals surface area contributed by atoms with Gasteiger partial charge < -0.3 is 9.64 Å². The topological polar surface area (TPSA) is 29.5 Å². The lowest BCUT2D eigenvalue weighted by molar-refractivity contribution is -0.150. The van der Waals surface area contributed by atoms with Gasteiger partial charge in [0.05, 0.1) is 12.5 Å². The van der Waals surface area contributed by atoms with Crippen LogP contribution in [-0.2, 0) is 9.53 Å². The van der Waals surface area contributed by atoms with Crippen molar-refractivity contribution >= 4 is 5.97 Å². The van der Waals surface area contributed by atoms with E-state index in [-0.39, 0.29) is 11.9 Å². The normalized spacial score (nSPS) is 16.1. The summed E-state index contributed by atoms with van der Waals surface area (Å²) in [6, 6.07) is 0. The highest BCUT2D eigenvalue weighted by atomic mass is 16.5. The molecule has 3 nitrogen and oxygen atoms in total. The Bertz CT molecular complexity index is 338. The summed E-state index contributed by atoms with van der Waals surface area (Å²) >= 11 is 0. The predicted molar refractivity (Wildman–Crippen MR) is 116 cm³/mol. The molecule has 0 amide bonds. The van der Waals surface area contributed by atoms with Crippen LogP contribution in [0.3, 0.4) is 0 Å². The van der Waals surface area contributed by atoms with Gasteiger partial charge in [0.2, 0.25) is 0 Å². The third-order valence-electron chi connectivity index (χ3n) is 6.23. The molecule has 0 aromatic rings. The average molecular weight is 382 g/mol. The molecule has 0 aromatic carbocycles. The Morgan fingerprint density at radius 3 is 1.89 bits per heavy atom. The Labute approximate surface area is 169 Å². The van der Waals surface area contributed by atoms with Crippen LogP contribution in [0.1, 0.15) is 110 Å². The number of ether oxygens (including phenoxy) is 1. The largest absolute Gasteiger partial charge is 0.465 e. The van der Waals surface area contributed by atoms with E-state index in [9.17, 15) is 4.79 Å². The Balaban J connectivity index is 2.13. The van der Waals surface area contributed by atoms with Gasteiger partial charge >= 0.3 is 5.97 Å². The van der Waals surface area contributed by atoms with Crippen molar-refractivity contribution in [3.63, 3.8) is 0 Å². The maximum absolute atomic E-state index is 12.2. The van der Waals surface area contributed by atoms with Gasteiger partial charge in [-0.05, 0) is 51.7 Å². The number of piperidine rings is 1. The van der Waals surface area contributed by atoms with Crippen LogP contribution in [0.15, 0.2) is 0 Å². The summed E-state index contributed by atoms with van der Waals surface area (Å²) in [4.78, 5) is 14.5. The standard InChI is InChI=1S/C24H47NO2/c1-4-6-8-10-14-22(15-11-9-7-5-2)16-12-13-21-27-24(26)23-17-19-25(3)20-18-23/h22-23H,4-21H2,1-3H3. The summed E-state index contributed by atoms with van der Waals surface area (Å²) in [5.41, 5.74) is 0. The summed E-state index contributed by atoms with van der Waals surface area (Å²) in [6.07, 6.45) is 19.3. The number of esters is 1. The molecule has 1 saturated heterocycles. The first kappa shape index (κ1) is 24.5. The molecule has 0 bridgehead atoms. The van der Waals surface area contributed by atoms with Crippen molar-refractivity contribution in [1.82, 2.24) is 4.90 Å². The molecule has 0 spiro atoms. The third-order valence-corrected chi connectivity index (χ3v) is 6.23. The minimum atomic E-state index is 0.0544. The Morgan fingerprint density at radius 1 is 0.852 bits per heavy atom. The van der Waals surface area contributed by atoms with Crippen LogP contribution in [-0.4, -0.2) is 37.6 Å². The van der Waals surface area contributed by atoms with Crippen LogP contribution in [0, 0.1) is 11.8 Å². The van der Waals surface area contributed by atoms with Crippen molar-refractivity contribution < 1.29 is 9.53 Å². The Morgan fingerprint density at radius 2 is 1.37 bits per heavy atom. The molecule has 1 aliphatic rings. The number of unbranched alkanes of at least 4 members (excludes halogenated alkanes) is 7. The minimum absolute atomic E-state index is 0.0544. The smallest absolute Gasteiger partial charge is 0.309 e. The van der Waals surface area contributed by atoms with Gasteiger partial charge in [0, 0.05) is 0 Å². The molecule has 1 aliphatic heterocycles. The second kappa shape index (κ2) is 16.4. The number of carbonyl (C=O) groups excluding carboxylic acids is 1. The van der Waals surface area contributed by atoms with Crippen molar-refractivity contribution in [3.05, 3.63) is 0 Å². The summed E-state index contributed by atoms with van der Waals surface area (Å²) < 4.78 is 5.57. The van der Waals surface area contributed by atoms with Gasteiger partial charge in [-0.25, -0.2) is 0 Å². The fourth-order valence-corrected chi connectivity index (χ4v) is 4.22. The fourth-order valence-electron chi connectivity index (χ4n) is 4.22.